The number of ether oxygens (including phenoxy) is 2. The highest BCUT2D eigenvalue weighted by atomic mass is 16.5. The van der Waals surface area contributed by atoms with E-state index >= 15 is 0 Å². The van der Waals surface area contributed by atoms with Crippen LogP contribution in [-0.4, -0.2) is 44.1 Å². The molecule has 3 N–H and O–H groups in total. The number of aryl methyl sites for hydroxylation is 1. The van der Waals surface area contributed by atoms with Gasteiger partial charge in [-0.2, -0.15) is 0 Å². The van der Waals surface area contributed by atoms with Crippen molar-refractivity contribution in [1.82, 2.24) is 5.32 Å². The molecule has 1 saturated heterocycles. The number of hydrogen-bond acceptors (Lipinski definition) is 6. The van der Waals surface area contributed by atoms with Crippen LogP contribution in [-0.2, 0) is 14.3 Å². The molecule has 1 saturated carbocycles. The summed E-state index contributed by atoms with van der Waals surface area (Å²) in [4.78, 5) is 36.8. The Hall–Kier alpha value is -3.39. The molecule has 0 spiro atoms. The van der Waals surface area contributed by atoms with Gasteiger partial charge in [-0.05, 0) is 99.1 Å². The lowest BCUT2D eigenvalue weighted by Gasteiger charge is -2.29. The summed E-state index contributed by atoms with van der Waals surface area (Å²) >= 11 is 0. The molecular formula is C30H39N3O5. The van der Waals surface area contributed by atoms with Crippen LogP contribution in [0.25, 0.3) is 0 Å². The summed E-state index contributed by atoms with van der Waals surface area (Å²) in [6.07, 6.45) is 7.28. The number of anilines is 2. The van der Waals surface area contributed by atoms with Gasteiger partial charge in [0.15, 0.2) is 0 Å². The van der Waals surface area contributed by atoms with E-state index in [1.165, 1.54) is 12.7 Å². The van der Waals surface area contributed by atoms with Gasteiger partial charge < -0.3 is 20.1 Å². The van der Waals surface area contributed by atoms with Crippen LogP contribution in [0.15, 0.2) is 42.5 Å². The van der Waals surface area contributed by atoms with Crippen LogP contribution >= 0.6 is 0 Å². The van der Waals surface area contributed by atoms with Crippen LogP contribution in [0, 0.1) is 12.8 Å². The molecule has 0 radical (unpaired) electrons. The number of rotatable bonds is 9. The standard InChI is InChI=1S/C30H39N3O5/c1-19-4-17-28(37-2)26(18-19)33-30(36)31-23-12-10-22(11-13-23)21-8-5-20(6-9-21)7-16-27(34)24-14-15-25(32-24)29(35)38-3/h4,10-13,17-18,20-21,24-25,32H,5-9,14-16H2,1-3H3,(H2,31,33,36). The van der Waals surface area contributed by atoms with Gasteiger partial charge in [0, 0.05) is 12.1 Å². The van der Waals surface area contributed by atoms with E-state index < -0.39 is 0 Å². The number of esters is 1. The molecule has 2 amide bonds. The Labute approximate surface area is 224 Å². The Bertz CT molecular complexity index is 1130. The summed E-state index contributed by atoms with van der Waals surface area (Å²) in [6.45, 7) is 1.96. The van der Waals surface area contributed by atoms with E-state index in [9.17, 15) is 14.4 Å². The molecule has 4 rings (SSSR count). The third-order valence-electron chi connectivity index (χ3n) is 7.91. The monoisotopic (exact) mass is 521 g/mol. The van der Waals surface area contributed by atoms with Gasteiger partial charge in [-0.3, -0.25) is 14.9 Å². The van der Waals surface area contributed by atoms with E-state index in [0.717, 1.165) is 43.4 Å². The number of amides is 2. The second kappa shape index (κ2) is 12.9. The third-order valence-corrected chi connectivity index (χ3v) is 7.91. The Balaban J connectivity index is 1.19. The average molecular weight is 522 g/mol. The molecular weight excluding hydrogens is 482 g/mol. The summed E-state index contributed by atoms with van der Waals surface area (Å²) < 4.78 is 10.1. The first-order chi connectivity index (χ1) is 18.4. The van der Waals surface area contributed by atoms with Crippen LogP contribution in [0.2, 0.25) is 0 Å². The molecule has 2 fully saturated rings. The molecule has 2 unspecified atom stereocenters. The fraction of sp³-hybridized carbons (Fsp3) is 0.500. The molecule has 2 atom stereocenters. The van der Waals surface area contributed by atoms with E-state index in [2.05, 4.69) is 28.1 Å². The summed E-state index contributed by atoms with van der Waals surface area (Å²) in [7, 11) is 2.96. The predicted molar refractivity (Wildman–Crippen MR) is 148 cm³/mol. The molecule has 0 bridgehead atoms. The molecule has 8 nitrogen and oxygen atoms in total. The summed E-state index contributed by atoms with van der Waals surface area (Å²) in [5.41, 5.74) is 3.69. The average Bonchev–Trinajstić information content (AvgIpc) is 3.43. The van der Waals surface area contributed by atoms with E-state index in [1.54, 1.807) is 7.11 Å². The van der Waals surface area contributed by atoms with Crippen molar-refractivity contribution in [3.8, 4) is 5.75 Å². The number of benzene rings is 2. The molecule has 1 aliphatic heterocycles. The minimum Gasteiger partial charge on any atom is -0.495 e. The van der Waals surface area contributed by atoms with Crippen molar-refractivity contribution >= 4 is 29.2 Å². The Morgan fingerprint density at radius 3 is 2.29 bits per heavy atom. The lowest BCUT2D eigenvalue weighted by atomic mass is 9.77. The van der Waals surface area contributed by atoms with Gasteiger partial charge >= 0.3 is 12.0 Å². The van der Waals surface area contributed by atoms with Gasteiger partial charge in [0.25, 0.3) is 0 Å². The topological polar surface area (TPSA) is 106 Å². The van der Waals surface area contributed by atoms with Crippen molar-refractivity contribution in [3.63, 3.8) is 0 Å². The van der Waals surface area contributed by atoms with Crippen LogP contribution < -0.4 is 20.7 Å². The van der Waals surface area contributed by atoms with Gasteiger partial charge in [0.1, 0.15) is 17.6 Å². The lowest BCUT2D eigenvalue weighted by Crippen LogP contribution is -2.40. The first kappa shape index (κ1) is 27.6. The highest BCUT2D eigenvalue weighted by Gasteiger charge is 2.33. The number of nitrogens with one attached hydrogen (secondary N) is 3. The molecule has 0 aromatic heterocycles. The molecule has 1 heterocycles. The zero-order valence-corrected chi connectivity index (χ0v) is 22.5. The second-order valence-electron chi connectivity index (χ2n) is 10.5. The SMILES string of the molecule is COC(=O)C1CCC(C(=O)CCC2CCC(c3ccc(NC(=O)Nc4cc(C)ccc4OC)cc3)CC2)N1. The number of carbonyl (C=O) groups is 3. The number of urea groups is 1. The number of hydrogen-bond donors (Lipinski definition) is 3. The van der Waals surface area contributed by atoms with Gasteiger partial charge in [0.05, 0.1) is 25.9 Å². The zero-order chi connectivity index (χ0) is 27.1. The van der Waals surface area contributed by atoms with Crippen molar-refractivity contribution < 1.29 is 23.9 Å². The van der Waals surface area contributed by atoms with Crippen LogP contribution in [0.1, 0.15) is 68.4 Å². The van der Waals surface area contributed by atoms with Crippen LogP contribution in [0.5, 0.6) is 5.75 Å². The number of methoxy groups -OCH3 is 2. The number of Topliss-reactive ketones (excluding diaryl/α,β-unsaturated/α-hetero) is 1. The number of carbonyl (C=O) groups excluding carboxylic acids is 3. The van der Waals surface area contributed by atoms with Crippen molar-refractivity contribution in [1.29, 1.82) is 0 Å². The molecule has 204 valence electrons. The highest BCUT2D eigenvalue weighted by molar-refractivity contribution is 6.00. The fourth-order valence-corrected chi connectivity index (χ4v) is 5.67. The van der Waals surface area contributed by atoms with Crippen molar-refractivity contribution in [2.45, 2.75) is 76.3 Å². The normalized spacial score (nSPS) is 22.9. The first-order valence-electron chi connectivity index (χ1n) is 13.6. The summed E-state index contributed by atoms with van der Waals surface area (Å²) in [5, 5.41) is 8.88. The van der Waals surface area contributed by atoms with E-state index in [4.69, 9.17) is 9.47 Å². The van der Waals surface area contributed by atoms with Crippen LogP contribution in [0.3, 0.4) is 0 Å². The quantitative estimate of drug-likeness (QED) is 0.373. The molecule has 38 heavy (non-hydrogen) atoms. The third kappa shape index (κ3) is 7.13. The Morgan fingerprint density at radius 1 is 0.895 bits per heavy atom. The smallest absolute Gasteiger partial charge is 0.323 e. The van der Waals surface area contributed by atoms with Gasteiger partial charge in [-0.1, -0.05) is 18.2 Å². The minimum atomic E-state index is -0.350. The first-order valence-corrected chi connectivity index (χ1v) is 13.6. The van der Waals surface area contributed by atoms with Crippen molar-refractivity contribution in [3.05, 3.63) is 53.6 Å². The number of ketones is 1. The predicted octanol–water partition coefficient (Wildman–Crippen LogP) is 5.56. The Kier molecular flexibility index (Phi) is 9.39. The molecule has 2 aromatic carbocycles. The minimum absolute atomic E-state index is 0.214. The van der Waals surface area contributed by atoms with E-state index in [1.807, 2.05) is 37.3 Å². The maximum Gasteiger partial charge on any atom is 0.323 e. The van der Waals surface area contributed by atoms with Crippen LogP contribution in [0.4, 0.5) is 16.2 Å². The zero-order valence-electron chi connectivity index (χ0n) is 22.5. The van der Waals surface area contributed by atoms with Gasteiger partial charge in [-0.25, -0.2) is 4.79 Å². The molecule has 2 aliphatic rings. The van der Waals surface area contributed by atoms with E-state index in [-0.39, 0.29) is 29.9 Å². The fourth-order valence-electron chi connectivity index (χ4n) is 5.67. The Morgan fingerprint density at radius 2 is 1.61 bits per heavy atom. The second-order valence-corrected chi connectivity index (χ2v) is 10.5. The molecule has 8 heteroatoms. The maximum absolute atomic E-state index is 12.6. The summed E-state index contributed by atoms with van der Waals surface area (Å²) in [6, 6.07) is 12.9. The van der Waals surface area contributed by atoms with E-state index in [0.29, 0.717) is 42.5 Å². The van der Waals surface area contributed by atoms with Crippen molar-refractivity contribution in [2.75, 3.05) is 24.9 Å². The largest absolute Gasteiger partial charge is 0.495 e. The lowest BCUT2D eigenvalue weighted by molar-refractivity contribution is -0.142. The molecule has 1 aliphatic carbocycles. The summed E-state index contributed by atoms with van der Waals surface area (Å²) in [5.74, 6) is 1.61. The van der Waals surface area contributed by atoms with Gasteiger partial charge in [-0.15, -0.1) is 0 Å². The molecule has 2 aromatic rings. The maximum atomic E-state index is 12.6. The highest BCUT2D eigenvalue weighted by Crippen LogP contribution is 2.38. The van der Waals surface area contributed by atoms with Gasteiger partial charge in [0.2, 0.25) is 0 Å². The van der Waals surface area contributed by atoms with Crippen molar-refractivity contribution in [2.24, 2.45) is 5.92 Å².